The molecule has 0 saturated heterocycles. The molecule has 0 saturated carbocycles. The molecule has 0 unspecified atom stereocenters. The fourth-order valence-corrected chi connectivity index (χ4v) is 1.90. The molecule has 2 N–H and O–H groups in total. The molecule has 0 heterocycles. The third kappa shape index (κ3) is 4.02. The average Bonchev–Trinajstić information content (AvgIpc) is 2.38. The van der Waals surface area contributed by atoms with Gasteiger partial charge in [0.1, 0.15) is 0 Å². The molecular formula is C14H23NO2. The van der Waals surface area contributed by atoms with Crippen molar-refractivity contribution in [2.45, 2.75) is 32.8 Å². The molecular weight excluding hydrogens is 214 g/mol. The molecule has 96 valence electrons. The largest absolute Gasteiger partial charge is 0.395 e. The van der Waals surface area contributed by atoms with E-state index in [4.69, 9.17) is 5.11 Å². The van der Waals surface area contributed by atoms with Crippen LogP contribution in [-0.4, -0.2) is 29.9 Å². The van der Waals surface area contributed by atoms with E-state index in [2.05, 4.69) is 11.8 Å². The van der Waals surface area contributed by atoms with Crippen LogP contribution in [0.2, 0.25) is 0 Å². The van der Waals surface area contributed by atoms with E-state index in [1.54, 1.807) is 0 Å². The molecule has 0 amide bonds. The highest BCUT2D eigenvalue weighted by Gasteiger charge is 2.07. The van der Waals surface area contributed by atoms with Crippen LogP contribution >= 0.6 is 0 Å². The Morgan fingerprint density at radius 2 is 1.76 bits per heavy atom. The molecule has 17 heavy (non-hydrogen) atoms. The minimum Gasteiger partial charge on any atom is -0.395 e. The number of hydrogen-bond donors (Lipinski definition) is 2. The Kier molecular flexibility index (Phi) is 6.01. The topological polar surface area (TPSA) is 43.7 Å². The van der Waals surface area contributed by atoms with E-state index in [9.17, 15) is 5.11 Å². The summed E-state index contributed by atoms with van der Waals surface area (Å²) in [6.07, 6.45) is 1.41. The van der Waals surface area contributed by atoms with Crippen LogP contribution in [-0.2, 0) is 0 Å². The average molecular weight is 237 g/mol. The van der Waals surface area contributed by atoms with Gasteiger partial charge in [-0.2, -0.15) is 0 Å². The van der Waals surface area contributed by atoms with Crippen molar-refractivity contribution in [3.05, 3.63) is 29.8 Å². The van der Waals surface area contributed by atoms with Crippen LogP contribution in [0.4, 0.5) is 5.69 Å². The summed E-state index contributed by atoms with van der Waals surface area (Å²) in [6, 6.07) is 7.95. The first kappa shape index (κ1) is 14.0. The zero-order chi connectivity index (χ0) is 12.7. The summed E-state index contributed by atoms with van der Waals surface area (Å²) in [5.41, 5.74) is 2.06. The third-order valence-corrected chi connectivity index (χ3v) is 2.89. The Morgan fingerprint density at radius 1 is 1.12 bits per heavy atom. The lowest BCUT2D eigenvalue weighted by Gasteiger charge is -2.23. The number of hydrogen-bond acceptors (Lipinski definition) is 3. The first-order valence-electron chi connectivity index (χ1n) is 6.36. The van der Waals surface area contributed by atoms with Crippen molar-refractivity contribution in [2.24, 2.45) is 0 Å². The van der Waals surface area contributed by atoms with Crippen LogP contribution in [0.25, 0.3) is 0 Å². The van der Waals surface area contributed by atoms with E-state index in [-0.39, 0.29) is 12.7 Å². The van der Waals surface area contributed by atoms with Crippen molar-refractivity contribution < 1.29 is 10.2 Å². The van der Waals surface area contributed by atoms with Gasteiger partial charge in [0.05, 0.1) is 12.7 Å². The second kappa shape index (κ2) is 7.30. The summed E-state index contributed by atoms with van der Waals surface area (Å²) < 4.78 is 0. The molecule has 1 atom stereocenters. The number of aliphatic hydroxyl groups excluding tert-OH is 2. The Morgan fingerprint density at radius 3 is 2.24 bits per heavy atom. The fraction of sp³-hybridized carbons (Fsp3) is 0.571. The number of anilines is 1. The zero-order valence-corrected chi connectivity index (χ0v) is 10.8. The Hall–Kier alpha value is -1.06. The molecule has 0 radical (unpaired) electrons. The highest BCUT2D eigenvalue weighted by molar-refractivity contribution is 5.47. The van der Waals surface area contributed by atoms with E-state index in [1.165, 1.54) is 0 Å². The second-order valence-corrected chi connectivity index (χ2v) is 4.23. The predicted molar refractivity (Wildman–Crippen MR) is 71.3 cm³/mol. The number of benzene rings is 1. The molecule has 0 spiro atoms. The molecule has 0 aliphatic carbocycles. The Balaban J connectivity index is 2.76. The highest BCUT2D eigenvalue weighted by Crippen LogP contribution is 2.21. The maximum atomic E-state index is 9.71. The Bertz CT molecular complexity index is 305. The van der Waals surface area contributed by atoms with Gasteiger partial charge in [-0.15, -0.1) is 0 Å². The van der Waals surface area contributed by atoms with E-state index in [1.807, 2.05) is 31.2 Å². The van der Waals surface area contributed by atoms with Crippen LogP contribution in [0.1, 0.15) is 38.4 Å². The lowest BCUT2D eigenvalue weighted by atomic mass is 10.1. The molecule has 3 heteroatoms. The molecule has 0 aromatic heterocycles. The maximum Gasteiger partial charge on any atom is 0.0787 e. The molecule has 0 bridgehead atoms. The van der Waals surface area contributed by atoms with Gasteiger partial charge >= 0.3 is 0 Å². The number of rotatable bonds is 7. The van der Waals surface area contributed by atoms with Crippen LogP contribution in [0.3, 0.4) is 0 Å². The summed E-state index contributed by atoms with van der Waals surface area (Å²) >= 11 is 0. The van der Waals surface area contributed by atoms with Crippen LogP contribution in [0, 0.1) is 0 Å². The van der Waals surface area contributed by atoms with Gasteiger partial charge in [0.15, 0.2) is 0 Å². The standard InChI is InChI=1S/C14H23NO2/c1-3-9-15(10-11-16)13-7-5-12(6-8-13)14(17)4-2/h5-8,14,16-17H,3-4,9-11H2,1-2H3/t14-/m1/s1. The molecule has 3 nitrogen and oxygen atoms in total. The number of nitrogens with zero attached hydrogens (tertiary/aromatic N) is 1. The van der Waals surface area contributed by atoms with Gasteiger partial charge < -0.3 is 15.1 Å². The van der Waals surface area contributed by atoms with Gasteiger partial charge in [-0.05, 0) is 30.5 Å². The van der Waals surface area contributed by atoms with Crippen LogP contribution < -0.4 is 4.90 Å². The van der Waals surface area contributed by atoms with E-state index < -0.39 is 0 Å². The molecule has 1 aromatic rings. The highest BCUT2D eigenvalue weighted by atomic mass is 16.3. The first-order chi connectivity index (χ1) is 8.22. The minimum atomic E-state index is -0.374. The summed E-state index contributed by atoms with van der Waals surface area (Å²) in [4.78, 5) is 2.15. The van der Waals surface area contributed by atoms with Crippen molar-refractivity contribution in [2.75, 3.05) is 24.6 Å². The summed E-state index contributed by atoms with van der Waals surface area (Å²) in [7, 11) is 0. The van der Waals surface area contributed by atoms with Gasteiger partial charge in [0, 0.05) is 18.8 Å². The van der Waals surface area contributed by atoms with Crippen molar-refractivity contribution in [1.82, 2.24) is 0 Å². The first-order valence-corrected chi connectivity index (χ1v) is 6.36. The second-order valence-electron chi connectivity index (χ2n) is 4.23. The van der Waals surface area contributed by atoms with Gasteiger partial charge in [-0.1, -0.05) is 26.0 Å². The predicted octanol–water partition coefficient (Wildman–Crippen LogP) is 2.34. The van der Waals surface area contributed by atoms with Gasteiger partial charge in [0.25, 0.3) is 0 Å². The van der Waals surface area contributed by atoms with Crippen molar-refractivity contribution in [3.63, 3.8) is 0 Å². The minimum absolute atomic E-state index is 0.166. The normalized spacial score (nSPS) is 12.5. The van der Waals surface area contributed by atoms with Gasteiger partial charge in [0.2, 0.25) is 0 Å². The van der Waals surface area contributed by atoms with Crippen molar-refractivity contribution >= 4 is 5.69 Å². The smallest absolute Gasteiger partial charge is 0.0787 e. The number of aliphatic hydroxyl groups is 2. The van der Waals surface area contributed by atoms with Crippen molar-refractivity contribution in [3.8, 4) is 0 Å². The molecule has 0 aliphatic rings. The lowest BCUT2D eigenvalue weighted by Crippen LogP contribution is -2.27. The van der Waals surface area contributed by atoms with Gasteiger partial charge in [-0.25, -0.2) is 0 Å². The van der Waals surface area contributed by atoms with E-state index in [0.29, 0.717) is 6.54 Å². The lowest BCUT2D eigenvalue weighted by molar-refractivity contribution is 0.173. The maximum absolute atomic E-state index is 9.71. The molecule has 0 aliphatic heterocycles. The summed E-state index contributed by atoms with van der Waals surface area (Å²) in [5.74, 6) is 0. The summed E-state index contributed by atoms with van der Waals surface area (Å²) in [6.45, 7) is 5.85. The molecule has 1 rings (SSSR count). The quantitative estimate of drug-likeness (QED) is 0.765. The Labute approximate surface area is 104 Å². The molecule has 0 fully saturated rings. The molecule has 1 aromatic carbocycles. The third-order valence-electron chi connectivity index (χ3n) is 2.89. The van der Waals surface area contributed by atoms with Crippen molar-refractivity contribution in [1.29, 1.82) is 0 Å². The summed E-state index contributed by atoms with van der Waals surface area (Å²) in [5, 5.41) is 18.7. The van der Waals surface area contributed by atoms with Crippen LogP contribution in [0.5, 0.6) is 0 Å². The monoisotopic (exact) mass is 237 g/mol. The van der Waals surface area contributed by atoms with E-state index in [0.717, 1.165) is 30.6 Å². The zero-order valence-electron chi connectivity index (χ0n) is 10.8. The fourth-order valence-electron chi connectivity index (χ4n) is 1.90. The SMILES string of the molecule is CCCN(CCO)c1ccc([C@H](O)CC)cc1. The van der Waals surface area contributed by atoms with Crippen LogP contribution in [0.15, 0.2) is 24.3 Å². The van der Waals surface area contributed by atoms with E-state index >= 15 is 0 Å². The van der Waals surface area contributed by atoms with Gasteiger partial charge in [-0.3, -0.25) is 0 Å².